The highest BCUT2D eigenvalue weighted by molar-refractivity contribution is 7.97. The topological polar surface area (TPSA) is 82.6 Å². The molecule has 3 N–H and O–H groups in total. The molecule has 0 bridgehead atoms. The van der Waals surface area contributed by atoms with E-state index >= 15 is 0 Å². The first-order valence-corrected chi connectivity index (χ1v) is 12.1. The quantitative estimate of drug-likeness (QED) is 0.414. The van der Waals surface area contributed by atoms with E-state index in [1.807, 2.05) is 18.4 Å². The normalized spacial score (nSPS) is 12.1. The highest BCUT2D eigenvalue weighted by atomic mass is 32.2. The molecule has 0 unspecified atom stereocenters. The zero-order valence-electron chi connectivity index (χ0n) is 16.8. The third kappa shape index (κ3) is 7.68. The molecule has 6 nitrogen and oxygen atoms in total. The second-order valence-corrected chi connectivity index (χ2v) is 9.20. The van der Waals surface area contributed by atoms with Crippen molar-refractivity contribution in [3.05, 3.63) is 70.5 Å². The Balaban J connectivity index is 1.91. The number of nitrogens with zero attached hydrogens (tertiary/aromatic N) is 1. The highest BCUT2D eigenvalue weighted by Gasteiger charge is 2.09. The molecular formula is C20H27FN4O2S2. The van der Waals surface area contributed by atoms with Gasteiger partial charge in [-0.3, -0.25) is 4.99 Å². The van der Waals surface area contributed by atoms with Gasteiger partial charge in [0, 0.05) is 25.9 Å². The number of aliphatic imine (C=N–C) groups is 1. The highest BCUT2D eigenvalue weighted by Crippen LogP contribution is 2.16. The van der Waals surface area contributed by atoms with E-state index in [9.17, 15) is 12.8 Å². The first kappa shape index (κ1) is 23.2. The van der Waals surface area contributed by atoms with Gasteiger partial charge in [-0.25, -0.2) is 17.5 Å². The van der Waals surface area contributed by atoms with Crippen molar-refractivity contribution in [2.24, 2.45) is 4.99 Å². The van der Waals surface area contributed by atoms with E-state index in [0.717, 1.165) is 28.0 Å². The summed E-state index contributed by atoms with van der Waals surface area (Å²) in [5.74, 6) is 1.10. The smallest absolute Gasteiger partial charge is 0.215 e. The molecule has 0 aromatic heterocycles. The van der Waals surface area contributed by atoms with Gasteiger partial charge in [-0.1, -0.05) is 30.3 Å². The average molecular weight is 439 g/mol. The number of halogens is 1. The summed E-state index contributed by atoms with van der Waals surface area (Å²) in [7, 11) is -0.185. The fraction of sp³-hybridized carbons (Fsp3) is 0.350. The summed E-state index contributed by atoms with van der Waals surface area (Å²) in [4.78, 5) is 4.22. The molecule has 0 aliphatic heterocycles. The van der Waals surface area contributed by atoms with E-state index in [-0.39, 0.29) is 11.6 Å². The predicted octanol–water partition coefficient (Wildman–Crippen LogP) is 2.60. The average Bonchev–Trinajstić information content (AvgIpc) is 2.70. The molecule has 2 aromatic carbocycles. The molecule has 2 aromatic rings. The third-order valence-corrected chi connectivity index (χ3v) is 6.22. The lowest BCUT2D eigenvalue weighted by molar-refractivity contribution is 0.587. The Morgan fingerprint density at radius 2 is 1.69 bits per heavy atom. The van der Waals surface area contributed by atoms with E-state index in [0.29, 0.717) is 19.0 Å². The van der Waals surface area contributed by atoms with Crippen molar-refractivity contribution in [2.75, 3.05) is 20.4 Å². The Kier molecular flexibility index (Phi) is 8.94. The van der Waals surface area contributed by atoms with Crippen molar-refractivity contribution in [3.8, 4) is 0 Å². The van der Waals surface area contributed by atoms with E-state index in [4.69, 9.17) is 0 Å². The number of hydrogen-bond donors (Lipinski definition) is 3. The lowest BCUT2D eigenvalue weighted by Crippen LogP contribution is -2.36. The summed E-state index contributed by atoms with van der Waals surface area (Å²) >= 11 is 1.65. The van der Waals surface area contributed by atoms with Crippen LogP contribution in [0.3, 0.4) is 0 Å². The third-order valence-electron chi connectivity index (χ3n) is 4.29. The molecule has 0 radical (unpaired) electrons. The summed E-state index contributed by atoms with van der Waals surface area (Å²) < 4.78 is 39.0. The maximum atomic E-state index is 13.5. The van der Waals surface area contributed by atoms with Crippen LogP contribution >= 0.6 is 11.8 Å². The van der Waals surface area contributed by atoms with Gasteiger partial charge in [-0.15, -0.1) is 0 Å². The van der Waals surface area contributed by atoms with E-state index in [1.54, 1.807) is 43.1 Å². The van der Waals surface area contributed by atoms with E-state index in [1.165, 1.54) is 13.1 Å². The van der Waals surface area contributed by atoms with Gasteiger partial charge in [-0.05, 0) is 47.7 Å². The number of nitrogens with one attached hydrogen (secondary N) is 3. The number of hydrogen-bond acceptors (Lipinski definition) is 4. The number of benzene rings is 2. The van der Waals surface area contributed by atoms with Crippen LogP contribution in [0.4, 0.5) is 4.39 Å². The van der Waals surface area contributed by atoms with Crippen molar-refractivity contribution in [2.45, 2.75) is 24.6 Å². The molecule has 0 atom stereocenters. The molecule has 0 heterocycles. The Labute approximate surface area is 176 Å². The van der Waals surface area contributed by atoms with Gasteiger partial charge >= 0.3 is 0 Å². The van der Waals surface area contributed by atoms with Crippen LogP contribution in [0.1, 0.15) is 22.3 Å². The fourth-order valence-corrected chi connectivity index (χ4v) is 4.04. The molecule has 0 spiro atoms. The minimum atomic E-state index is -3.28. The van der Waals surface area contributed by atoms with Crippen molar-refractivity contribution in [3.63, 3.8) is 0 Å². The second-order valence-electron chi connectivity index (χ2n) is 6.41. The van der Waals surface area contributed by atoms with Crippen LogP contribution in [0.25, 0.3) is 0 Å². The lowest BCUT2D eigenvalue weighted by Gasteiger charge is -2.14. The largest absolute Gasteiger partial charge is 0.352 e. The monoisotopic (exact) mass is 438 g/mol. The molecule has 0 aliphatic rings. The summed E-state index contributed by atoms with van der Waals surface area (Å²) in [5.41, 5.74) is 3.72. The molecule has 29 heavy (non-hydrogen) atoms. The van der Waals surface area contributed by atoms with Gasteiger partial charge in [0.05, 0.1) is 5.75 Å². The lowest BCUT2D eigenvalue weighted by atomic mass is 10.1. The maximum Gasteiger partial charge on any atom is 0.215 e. The molecule has 158 valence electrons. The van der Waals surface area contributed by atoms with Gasteiger partial charge in [0.25, 0.3) is 0 Å². The minimum absolute atomic E-state index is 0.0452. The predicted molar refractivity (Wildman–Crippen MR) is 119 cm³/mol. The summed E-state index contributed by atoms with van der Waals surface area (Å²) in [6.45, 7) is 1.08. The number of guanidine groups is 1. The Morgan fingerprint density at radius 3 is 2.31 bits per heavy atom. The number of rotatable bonds is 9. The molecule has 0 fully saturated rings. The van der Waals surface area contributed by atoms with Crippen LogP contribution < -0.4 is 15.4 Å². The van der Waals surface area contributed by atoms with Gasteiger partial charge in [0.2, 0.25) is 10.0 Å². The van der Waals surface area contributed by atoms with Crippen LogP contribution in [0.2, 0.25) is 0 Å². The van der Waals surface area contributed by atoms with Crippen molar-refractivity contribution >= 4 is 27.7 Å². The van der Waals surface area contributed by atoms with Gasteiger partial charge < -0.3 is 10.6 Å². The Hall–Kier alpha value is -2.10. The van der Waals surface area contributed by atoms with Crippen LogP contribution in [0, 0.1) is 5.82 Å². The first-order chi connectivity index (χ1) is 13.9. The maximum absolute atomic E-state index is 13.5. The zero-order chi connectivity index (χ0) is 21.3. The molecule has 0 amide bonds. The summed E-state index contributed by atoms with van der Waals surface area (Å²) in [5, 5.41) is 6.47. The standard InChI is InChI=1S/C20H27FN4O2S2/c1-22-20(25-12-17-8-9-19(21)10-18(17)13-28-3)24-11-15-4-6-16(7-5-15)14-29(26,27)23-2/h4-10,23H,11-14H2,1-3H3,(H2,22,24,25). The van der Waals surface area contributed by atoms with Gasteiger partial charge in [0.1, 0.15) is 5.82 Å². The van der Waals surface area contributed by atoms with E-state index in [2.05, 4.69) is 20.3 Å². The molecule has 0 aliphatic carbocycles. The summed E-state index contributed by atoms with van der Waals surface area (Å²) in [6.07, 6.45) is 1.99. The molecule has 0 saturated heterocycles. The Morgan fingerprint density at radius 1 is 1.03 bits per heavy atom. The van der Waals surface area contributed by atoms with Gasteiger partial charge in [-0.2, -0.15) is 11.8 Å². The van der Waals surface area contributed by atoms with E-state index < -0.39 is 10.0 Å². The fourth-order valence-electron chi connectivity index (χ4n) is 2.69. The summed E-state index contributed by atoms with van der Waals surface area (Å²) in [6, 6.07) is 12.2. The second kappa shape index (κ2) is 11.2. The first-order valence-electron chi connectivity index (χ1n) is 9.06. The zero-order valence-corrected chi connectivity index (χ0v) is 18.5. The molecule has 0 saturated carbocycles. The number of thioether (sulfide) groups is 1. The molecule has 2 rings (SSSR count). The van der Waals surface area contributed by atoms with Crippen LogP contribution in [0.5, 0.6) is 0 Å². The Bertz CT molecular complexity index is 932. The van der Waals surface area contributed by atoms with Gasteiger partial charge in [0.15, 0.2) is 5.96 Å². The van der Waals surface area contributed by atoms with Crippen LogP contribution in [-0.2, 0) is 34.6 Å². The molecular weight excluding hydrogens is 411 g/mol. The van der Waals surface area contributed by atoms with Crippen molar-refractivity contribution in [1.82, 2.24) is 15.4 Å². The minimum Gasteiger partial charge on any atom is -0.352 e. The number of sulfonamides is 1. The van der Waals surface area contributed by atoms with Crippen molar-refractivity contribution in [1.29, 1.82) is 0 Å². The SMILES string of the molecule is CN=C(NCc1ccc(CS(=O)(=O)NC)cc1)NCc1ccc(F)cc1CSC. The van der Waals surface area contributed by atoms with Crippen LogP contribution in [0.15, 0.2) is 47.5 Å². The van der Waals surface area contributed by atoms with Crippen LogP contribution in [-0.4, -0.2) is 34.7 Å². The molecule has 9 heteroatoms. The van der Waals surface area contributed by atoms with Crippen molar-refractivity contribution < 1.29 is 12.8 Å².